The first-order valence-electron chi connectivity index (χ1n) is 6.65. The molecular weight excluding hydrogens is 266 g/mol. The Kier molecular flexibility index (Phi) is 4.77. The summed E-state index contributed by atoms with van der Waals surface area (Å²) in [6.45, 7) is 0.445. The zero-order valence-corrected chi connectivity index (χ0v) is 12.5. The van der Waals surface area contributed by atoms with Gasteiger partial charge in [-0.1, -0.05) is 12.1 Å². The topological polar surface area (TPSA) is 54.5 Å². The average molecular weight is 285 g/mol. The van der Waals surface area contributed by atoms with Gasteiger partial charge in [-0.3, -0.25) is 4.79 Å². The Morgan fingerprint density at radius 2 is 2.05 bits per heavy atom. The van der Waals surface area contributed by atoms with Crippen molar-refractivity contribution >= 4 is 11.7 Å². The van der Waals surface area contributed by atoms with Gasteiger partial charge in [-0.2, -0.15) is 0 Å². The number of carbonyl (C=O) groups is 1. The van der Waals surface area contributed by atoms with E-state index in [2.05, 4.69) is 10.3 Å². The molecule has 1 aromatic heterocycles. The summed E-state index contributed by atoms with van der Waals surface area (Å²) in [7, 11) is 5.41. The number of aromatic nitrogens is 1. The van der Waals surface area contributed by atoms with Crippen molar-refractivity contribution in [3.8, 4) is 5.75 Å². The van der Waals surface area contributed by atoms with Crippen LogP contribution in [-0.4, -0.2) is 32.1 Å². The number of anilines is 1. The molecule has 5 nitrogen and oxygen atoms in total. The minimum atomic E-state index is -0.157. The average Bonchev–Trinajstić information content (AvgIpc) is 2.52. The molecule has 5 heteroatoms. The summed E-state index contributed by atoms with van der Waals surface area (Å²) in [5, 5.41) is 2.89. The van der Waals surface area contributed by atoms with Crippen LogP contribution in [0.25, 0.3) is 0 Å². The van der Waals surface area contributed by atoms with Crippen LogP contribution in [0.15, 0.2) is 42.6 Å². The highest BCUT2D eigenvalue weighted by atomic mass is 16.5. The number of nitrogens with zero attached hydrogens (tertiary/aromatic N) is 2. The number of benzene rings is 1. The van der Waals surface area contributed by atoms with Crippen molar-refractivity contribution in [2.75, 3.05) is 26.1 Å². The second kappa shape index (κ2) is 6.74. The van der Waals surface area contributed by atoms with Crippen molar-refractivity contribution in [1.82, 2.24) is 10.3 Å². The molecule has 1 N–H and O–H groups in total. The van der Waals surface area contributed by atoms with Gasteiger partial charge in [0.15, 0.2) is 0 Å². The van der Waals surface area contributed by atoms with E-state index in [1.165, 1.54) is 0 Å². The molecule has 1 heterocycles. The Balaban J connectivity index is 2.06. The second-order valence-electron chi connectivity index (χ2n) is 4.80. The first-order chi connectivity index (χ1) is 10.1. The van der Waals surface area contributed by atoms with Gasteiger partial charge in [0.25, 0.3) is 5.91 Å². The molecule has 21 heavy (non-hydrogen) atoms. The van der Waals surface area contributed by atoms with Crippen molar-refractivity contribution in [3.05, 3.63) is 53.7 Å². The molecule has 0 bridgehead atoms. The molecule has 0 aliphatic carbocycles. The molecule has 0 radical (unpaired) electrons. The Morgan fingerprint density at radius 1 is 1.29 bits per heavy atom. The van der Waals surface area contributed by atoms with Gasteiger partial charge in [-0.25, -0.2) is 4.98 Å². The van der Waals surface area contributed by atoms with E-state index in [1.807, 2.05) is 43.3 Å². The lowest BCUT2D eigenvalue weighted by Gasteiger charge is -2.13. The Labute approximate surface area is 124 Å². The number of nitrogens with one attached hydrogen (secondary N) is 1. The van der Waals surface area contributed by atoms with E-state index >= 15 is 0 Å². The summed E-state index contributed by atoms with van der Waals surface area (Å²) < 4.78 is 5.19. The predicted octanol–water partition coefficient (Wildman–Crippen LogP) is 2.09. The number of pyridine rings is 1. The third-order valence-electron chi connectivity index (χ3n) is 3.07. The van der Waals surface area contributed by atoms with Crippen molar-refractivity contribution in [1.29, 1.82) is 0 Å². The summed E-state index contributed by atoms with van der Waals surface area (Å²) in [6, 6.07) is 11.0. The van der Waals surface area contributed by atoms with Gasteiger partial charge in [0, 0.05) is 26.8 Å². The van der Waals surface area contributed by atoms with Crippen LogP contribution >= 0.6 is 0 Å². The highest BCUT2D eigenvalue weighted by molar-refractivity contribution is 5.96. The van der Waals surface area contributed by atoms with Crippen LogP contribution in [0.4, 0.5) is 5.82 Å². The number of amides is 1. The monoisotopic (exact) mass is 285 g/mol. The first kappa shape index (κ1) is 14.8. The molecule has 2 rings (SSSR count). The van der Waals surface area contributed by atoms with Crippen LogP contribution in [0.3, 0.4) is 0 Å². The van der Waals surface area contributed by atoms with Crippen molar-refractivity contribution in [2.45, 2.75) is 6.54 Å². The van der Waals surface area contributed by atoms with Crippen molar-refractivity contribution in [3.63, 3.8) is 0 Å². The number of carbonyl (C=O) groups excluding carboxylic acids is 1. The molecule has 0 spiro atoms. The standard InChI is InChI=1S/C16H19N3O2/c1-19(2)15-10-12(8-9-17-15)11-18-16(20)13-6-4-5-7-14(13)21-3/h4-10H,11H2,1-3H3,(H,18,20). The van der Waals surface area contributed by atoms with Gasteiger partial charge in [0.2, 0.25) is 0 Å². The number of rotatable bonds is 5. The normalized spacial score (nSPS) is 10.0. The van der Waals surface area contributed by atoms with Crippen LogP contribution in [0.5, 0.6) is 5.75 Å². The van der Waals surface area contributed by atoms with E-state index in [0.29, 0.717) is 17.9 Å². The number of para-hydroxylation sites is 1. The molecule has 1 aromatic carbocycles. The summed E-state index contributed by atoms with van der Waals surface area (Å²) in [5.74, 6) is 1.27. The van der Waals surface area contributed by atoms with Crippen LogP contribution < -0.4 is 15.0 Å². The zero-order valence-electron chi connectivity index (χ0n) is 12.5. The minimum absolute atomic E-state index is 0.157. The molecule has 0 saturated carbocycles. The molecule has 1 amide bonds. The van der Waals surface area contributed by atoms with Crippen molar-refractivity contribution in [2.24, 2.45) is 0 Å². The fraction of sp³-hybridized carbons (Fsp3) is 0.250. The maximum Gasteiger partial charge on any atom is 0.255 e. The van der Waals surface area contributed by atoms with Gasteiger partial charge in [-0.05, 0) is 29.8 Å². The van der Waals surface area contributed by atoms with E-state index in [4.69, 9.17) is 4.74 Å². The van der Waals surface area contributed by atoms with E-state index < -0.39 is 0 Å². The quantitative estimate of drug-likeness (QED) is 0.914. The smallest absolute Gasteiger partial charge is 0.255 e. The Morgan fingerprint density at radius 3 is 2.76 bits per heavy atom. The summed E-state index contributed by atoms with van der Waals surface area (Å²) in [4.78, 5) is 18.4. The van der Waals surface area contributed by atoms with Gasteiger partial charge in [0.05, 0.1) is 12.7 Å². The Bertz CT molecular complexity index is 626. The van der Waals surface area contributed by atoms with Crippen LogP contribution in [-0.2, 0) is 6.54 Å². The zero-order chi connectivity index (χ0) is 15.2. The number of ether oxygens (including phenoxy) is 1. The van der Waals surface area contributed by atoms with E-state index in [9.17, 15) is 4.79 Å². The fourth-order valence-corrected chi connectivity index (χ4v) is 1.92. The van der Waals surface area contributed by atoms with Crippen LogP contribution in [0.2, 0.25) is 0 Å². The number of hydrogen-bond acceptors (Lipinski definition) is 4. The molecule has 0 unspecified atom stereocenters. The number of methoxy groups -OCH3 is 1. The van der Waals surface area contributed by atoms with Gasteiger partial charge in [0.1, 0.15) is 11.6 Å². The Hall–Kier alpha value is -2.56. The third kappa shape index (κ3) is 3.72. The van der Waals surface area contributed by atoms with E-state index in [1.54, 1.807) is 25.4 Å². The molecule has 110 valence electrons. The fourth-order valence-electron chi connectivity index (χ4n) is 1.92. The molecular formula is C16H19N3O2. The molecule has 2 aromatic rings. The lowest BCUT2D eigenvalue weighted by Crippen LogP contribution is -2.23. The summed E-state index contributed by atoms with van der Waals surface area (Å²) >= 11 is 0. The predicted molar refractivity (Wildman–Crippen MR) is 82.7 cm³/mol. The number of hydrogen-bond donors (Lipinski definition) is 1. The van der Waals surface area contributed by atoms with Crippen LogP contribution in [0.1, 0.15) is 15.9 Å². The van der Waals surface area contributed by atoms with Crippen molar-refractivity contribution < 1.29 is 9.53 Å². The van der Waals surface area contributed by atoms with E-state index in [-0.39, 0.29) is 5.91 Å². The molecule has 0 aliphatic heterocycles. The molecule has 0 fully saturated rings. The van der Waals surface area contributed by atoms with Gasteiger partial charge < -0.3 is 15.0 Å². The summed E-state index contributed by atoms with van der Waals surface area (Å²) in [5.41, 5.74) is 1.53. The molecule has 0 aliphatic rings. The SMILES string of the molecule is COc1ccccc1C(=O)NCc1ccnc(N(C)C)c1. The molecule has 0 atom stereocenters. The maximum absolute atomic E-state index is 12.2. The van der Waals surface area contributed by atoms with E-state index in [0.717, 1.165) is 11.4 Å². The maximum atomic E-state index is 12.2. The lowest BCUT2D eigenvalue weighted by molar-refractivity contribution is 0.0948. The largest absolute Gasteiger partial charge is 0.496 e. The lowest BCUT2D eigenvalue weighted by atomic mass is 10.2. The third-order valence-corrected chi connectivity index (χ3v) is 3.07. The first-order valence-corrected chi connectivity index (χ1v) is 6.65. The summed E-state index contributed by atoms with van der Waals surface area (Å²) in [6.07, 6.45) is 1.74. The van der Waals surface area contributed by atoms with Gasteiger partial charge in [-0.15, -0.1) is 0 Å². The van der Waals surface area contributed by atoms with Crippen LogP contribution in [0, 0.1) is 0 Å². The minimum Gasteiger partial charge on any atom is -0.496 e. The highest BCUT2D eigenvalue weighted by Crippen LogP contribution is 2.17. The highest BCUT2D eigenvalue weighted by Gasteiger charge is 2.11. The van der Waals surface area contributed by atoms with Gasteiger partial charge >= 0.3 is 0 Å². The molecule has 0 saturated heterocycles. The second-order valence-corrected chi connectivity index (χ2v) is 4.80.